The van der Waals surface area contributed by atoms with Crippen molar-refractivity contribution >= 4 is 5.78 Å². The summed E-state index contributed by atoms with van der Waals surface area (Å²) >= 11 is 0. The van der Waals surface area contributed by atoms with E-state index in [0.717, 1.165) is 31.7 Å². The minimum atomic E-state index is 0.395. The van der Waals surface area contributed by atoms with Gasteiger partial charge in [-0.2, -0.15) is 5.10 Å². The molecular weight excluding hydrogens is 214 g/mol. The number of carbonyl (C=O) groups excluding carboxylic acids is 1. The minimum Gasteiger partial charge on any atom is -0.300 e. The summed E-state index contributed by atoms with van der Waals surface area (Å²) in [7, 11) is 0. The Morgan fingerprint density at radius 3 is 2.76 bits per heavy atom. The normalized spacial score (nSPS) is 19.5. The van der Waals surface area contributed by atoms with Crippen LogP contribution in [0, 0.1) is 0 Å². The molecule has 1 aromatic rings. The van der Waals surface area contributed by atoms with Crippen molar-refractivity contribution in [1.29, 1.82) is 0 Å². The van der Waals surface area contributed by atoms with Crippen LogP contribution < -0.4 is 0 Å². The maximum absolute atomic E-state index is 11.1. The number of carbonyl (C=O) groups is 1. The number of piperidine rings is 1. The first kappa shape index (κ1) is 12.3. The molecule has 1 aliphatic heterocycles. The molecule has 1 aliphatic rings. The van der Waals surface area contributed by atoms with Crippen LogP contribution in [0.5, 0.6) is 0 Å². The fraction of sp³-hybridized carbons (Fsp3) is 0.692. The van der Waals surface area contributed by atoms with E-state index >= 15 is 0 Å². The van der Waals surface area contributed by atoms with Gasteiger partial charge in [-0.3, -0.25) is 14.4 Å². The molecule has 0 radical (unpaired) electrons. The number of likely N-dealkylation sites (tertiary alicyclic amines) is 1. The number of hydrogen-bond acceptors (Lipinski definition) is 3. The van der Waals surface area contributed by atoms with E-state index in [4.69, 9.17) is 0 Å². The van der Waals surface area contributed by atoms with Gasteiger partial charge in [0.05, 0.1) is 5.69 Å². The summed E-state index contributed by atoms with van der Waals surface area (Å²) < 4.78 is 2.03. The quantitative estimate of drug-likeness (QED) is 0.801. The molecule has 2 rings (SSSR count). The Hall–Kier alpha value is -1.16. The van der Waals surface area contributed by atoms with Crippen LogP contribution in [0.15, 0.2) is 12.3 Å². The minimum absolute atomic E-state index is 0.395. The second-order valence-corrected chi connectivity index (χ2v) is 4.86. The molecule has 94 valence electrons. The highest BCUT2D eigenvalue weighted by atomic mass is 16.1. The zero-order valence-corrected chi connectivity index (χ0v) is 10.7. The molecule has 0 saturated carbocycles. The SMILES string of the molecule is CCC(C)n1ccc(CN2CCC(=O)CC2)n1. The van der Waals surface area contributed by atoms with Crippen LogP contribution >= 0.6 is 0 Å². The Balaban J connectivity index is 1.90. The zero-order valence-electron chi connectivity index (χ0n) is 10.7. The molecule has 4 nitrogen and oxygen atoms in total. The topological polar surface area (TPSA) is 38.1 Å². The third-order valence-corrected chi connectivity index (χ3v) is 3.51. The predicted molar refractivity (Wildman–Crippen MR) is 66.7 cm³/mol. The molecule has 2 heterocycles. The van der Waals surface area contributed by atoms with Gasteiger partial charge in [0.2, 0.25) is 0 Å². The lowest BCUT2D eigenvalue weighted by Crippen LogP contribution is -2.33. The number of Topliss-reactive ketones (excluding diaryl/α,β-unsaturated/α-hetero) is 1. The number of hydrogen-bond donors (Lipinski definition) is 0. The third kappa shape index (κ3) is 3.16. The van der Waals surface area contributed by atoms with Gasteiger partial charge in [-0.1, -0.05) is 6.92 Å². The zero-order chi connectivity index (χ0) is 12.3. The monoisotopic (exact) mass is 235 g/mol. The van der Waals surface area contributed by atoms with E-state index in [0.29, 0.717) is 24.7 Å². The van der Waals surface area contributed by atoms with Crippen LogP contribution in [-0.4, -0.2) is 33.6 Å². The summed E-state index contributed by atoms with van der Waals surface area (Å²) in [5.74, 6) is 0.395. The number of rotatable bonds is 4. The highest BCUT2D eigenvalue weighted by Crippen LogP contribution is 2.12. The van der Waals surface area contributed by atoms with Gasteiger partial charge in [0, 0.05) is 44.7 Å². The van der Waals surface area contributed by atoms with E-state index < -0.39 is 0 Å². The highest BCUT2D eigenvalue weighted by Gasteiger charge is 2.17. The molecule has 1 unspecified atom stereocenters. The molecule has 1 aromatic heterocycles. The molecule has 0 N–H and O–H groups in total. The lowest BCUT2D eigenvalue weighted by atomic mass is 10.1. The van der Waals surface area contributed by atoms with Crippen LogP contribution in [0.25, 0.3) is 0 Å². The maximum atomic E-state index is 11.1. The first-order valence-electron chi connectivity index (χ1n) is 6.47. The molecule has 0 amide bonds. The van der Waals surface area contributed by atoms with Crippen molar-refractivity contribution < 1.29 is 4.79 Å². The van der Waals surface area contributed by atoms with E-state index in [1.165, 1.54) is 0 Å². The van der Waals surface area contributed by atoms with Gasteiger partial charge in [0.15, 0.2) is 0 Å². The average Bonchev–Trinajstić information content (AvgIpc) is 2.80. The Morgan fingerprint density at radius 1 is 1.41 bits per heavy atom. The summed E-state index contributed by atoms with van der Waals surface area (Å²) in [6, 6.07) is 2.55. The second kappa shape index (κ2) is 5.45. The lowest BCUT2D eigenvalue weighted by molar-refractivity contribution is -0.121. The summed E-state index contributed by atoms with van der Waals surface area (Å²) in [5.41, 5.74) is 1.11. The molecule has 0 spiro atoms. The number of aromatic nitrogens is 2. The van der Waals surface area contributed by atoms with E-state index in [9.17, 15) is 4.79 Å². The van der Waals surface area contributed by atoms with Gasteiger partial charge < -0.3 is 0 Å². The first-order chi connectivity index (χ1) is 8.19. The van der Waals surface area contributed by atoms with Gasteiger partial charge in [0.25, 0.3) is 0 Å². The van der Waals surface area contributed by atoms with Crippen molar-refractivity contribution in [2.45, 2.75) is 45.7 Å². The Kier molecular flexibility index (Phi) is 3.94. The van der Waals surface area contributed by atoms with Crippen molar-refractivity contribution in [1.82, 2.24) is 14.7 Å². The lowest BCUT2D eigenvalue weighted by Gasteiger charge is -2.24. The highest BCUT2D eigenvalue weighted by molar-refractivity contribution is 5.79. The molecule has 1 saturated heterocycles. The molecule has 1 fully saturated rings. The van der Waals surface area contributed by atoms with Crippen molar-refractivity contribution in [3.8, 4) is 0 Å². The number of nitrogens with zero attached hydrogens (tertiary/aromatic N) is 3. The van der Waals surface area contributed by atoms with Crippen LogP contribution in [0.3, 0.4) is 0 Å². The maximum Gasteiger partial charge on any atom is 0.135 e. The van der Waals surface area contributed by atoms with Gasteiger partial charge in [0.1, 0.15) is 5.78 Å². The van der Waals surface area contributed by atoms with E-state index in [2.05, 4.69) is 36.1 Å². The van der Waals surface area contributed by atoms with Crippen LogP contribution in [0.1, 0.15) is 44.8 Å². The molecular formula is C13H21N3O. The van der Waals surface area contributed by atoms with Crippen LogP contribution in [0.4, 0.5) is 0 Å². The molecule has 0 aliphatic carbocycles. The van der Waals surface area contributed by atoms with Crippen molar-refractivity contribution in [2.75, 3.05) is 13.1 Å². The fourth-order valence-electron chi connectivity index (χ4n) is 2.08. The second-order valence-electron chi connectivity index (χ2n) is 4.86. The molecule has 4 heteroatoms. The Bertz CT molecular complexity index is 376. The summed E-state index contributed by atoms with van der Waals surface area (Å²) in [6.07, 6.45) is 4.55. The standard InChI is InChI=1S/C13H21N3O/c1-3-11(2)16-9-4-12(14-16)10-15-7-5-13(17)6-8-15/h4,9,11H,3,5-8,10H2,1-2H3. The average molecular weight is 235 g/mol. The van der Waals surface area contributed by atoms with Crippen LogP contribution in [0.2, 0.25) is 0 Å². The van der Waals surface area contributed by atoms with Gasteiger partial charge in [-0.15, -0.1) is 0 Å². The fourth-order valence-corrected chi connectivity index (χ4v) is 2.08. The van der Waals surface area contributed by atoms with Gasteiger partial charge >= 0.3 is 0 Å². The van der Waals surface area contributed by atoms with Crippen molar-refractivity contribution in [3.63, 3.8) is 0 Å². The van der Waals surface area contributed by atoms with E-state index in [1.54, 1.807) is 0 Å². The summed E-state index contributed by atoms with van der Waals surface area (Å²) in [5, 5.41) is 4.58. The molecule has 0 aromatic carbocycles. The number of ketones is 1. The van der Waals surface area contributed by atoms with Gasteiger partial charge in [-0.05, 0) is 19.4 Å². The smallest absolute Gasteiger partial charge is 0.135 e. The largest absolute Gasteiger partial charge is 0.300 e. The van der Waals surface area contributed by atoms with Crippen molar-refractivity contribution in [2.24, 2.45) is 0 Å². The predicted octanol–water partition coefficient (Wildman–Crippen LogP) is 2.02. The van der Waals surface area contributed by atoms with E-state index in [-0.39, 0.29) is 0 Å². The molecule has 0 bridgehead atoms. The molecule has 17 heavy (non-hydrogen) atoms. The third-order valence-electron chi connectivity index (χ3n) is 3.51. The van der Waals surface area contributed by atoms with Crippen LogP contribution in [-0.2, 0) is 11.3 Å². The summed E-state index contributed by atoms with van der Waals surface area (Å²) in [6.45, 7) is 6.99. The van der Waals surface area contributed by atoms with E-state index in [1.807, 2.05) is 4.68 Å². The Labute approximate surface area is 103 Å². The van der Waals surface area contributed by atoms with Gasteiger partial charge in [-0.25, -0.2) is 0 Å². The molecule has 1 atom stereocenters. The van der Waals surface area contributed by atoms with Crippen molar-refractivity contribution in [3.05, 3.63) is 18.0 Å². The Morgan fingerprint density at radius 2 is 2.12 bits per heavy atom. The summed E-state index contributed by atoms with van der Waals surface area (Å²) in [4.78, 5) is 13.5. The first-order valence-corrected chi connectivity index (χ1v) is 6.47.